The third-order valence-corrected chi connectivity index (χ3v) is 4.68. The second-order valence-corrected chi connectivity index (χ2v) is 6.29. The summed E-state index contributed by atoms with van der Waals surface area (Å²) in [6.07, 6.45) is 4.09. The number of nitrogens with zero attached hydrogens (tertiary/aromatic N) is 1. The van der Waals surface area contributed by atoms with Crippen molar-refractivity contribution in [3.8, 4) is 0 Å². The highest BCUT2D eigenvalue weighted by atomic mass is 16.4. The van der Waals surface area contributed by atoms with Gasteiger partial charge in [0.2, 0.25) is 5.91 Å². The van der Waals surface area contributed by atoms with Crippen molar-refractivity contribution >= 4 is 11.9 Å². The number of aliphatic carboxylic acids is 1. The number of unbranched alkanes of at least 4 members (excludes halogenated alkanes) is 1. The van der Waals surface area contributed by atoms with Crippen molar-refractivity contribution in [2.45, 2.75) is 59.3 Å². The number of hydrogen-bond donors (Lipinski definition) is 1. The molecule has 4 heteroatoms. The van der Waals surface area contributed by atoms with E-state index in [2.05, 4.69) is 20.8 Å². The maximum absolute atomic E-state index is 12.0. The Balaban J connectivity index is 2.27. The van der Waals surface area contributed by atoms with Gasteiger partial charge >= 0.3 is 5.97 Å². The molecule has 4 nitrogen and oxygen atoms in total. The maximum Gasteiger partial charge on any atom is 0.303 e. The van der Waals surface area contributed by atoms with Gasteiger partial charge in [0.05, 0.1) is 0 Å². The average molecular weight is 269 g/mol. The first-order chi connectivity index (χ1) is 8.85. The molecule has 1 fully saturated rings. The lowest BCUT2D eigenvalue weighted by Crippen LogP contribution is -2.43. The molecule has 0 bridgehead atoms. The van der Waals surface area contributed by atoms with E-state index in [1.54, 1.807) is 0 Å². The van der Waals surface area contributed by atoms with Crippen LogP contribution in [0.2, 0.25) is 0 Å². The minimum Gasteiger partial charge on any atom is -0.481 e. The lowest BCUT2D eigenvalue weighted by Gasteiger charge is -2.42. The summed E-state index contributed by atoms with van der Waals surface area (Å²) in [6, 6.07) is 0. The van der Waals surface area contributed by atoms with Crippen LogP contribution < -0.4 is 0 Å². The van der Waals surface area contributed by atoms with Gasteiger partial charge in [-0.2, -0.15) is 0 Å². The van der Waals surface area contributed by atoms with E-state index in [0.29, 0.717) is 30.6 Å². The van der Waals surface area contributed by atoms with Crippen LogP contribution in [-0.2, 0) is 9.59 Å². The zero-order chi connectivity index (χ0) is 14.5. The van der Waals surface area contributed by atoms with Crippen LogP contribution in [0, 0.1) is 11.3 Å². The van der Waals surface area contributed by atoms with Crippen molar-refractivity contribution in [1.82, 2.24) is 4.90 Å². The second kappa shape index (κ2) is 6.92. The fourth-order valence-corrected chi connectivity index (χ4v) is 2.55. The summed E-state index contributed by atoms with van der Waals surface area (Å²) < 4.78 is 0. The van der Waals surface area contributed by atoms with Crippen LogP contribution in [0.4, 0.5) is 0 Å². The number of carboxylic acid groups (broad SMARTS) is 1. The van der Waals surface area contributed by atoms with E-state index in [9.17, 15) is 9.59 Å². The molecule has 0 aromatic carbocycles. The van der Waals surface area contributed by atoms with Crippen molar-refractivity contribution in [3.05, 3.63) is 0 Å². The highest BCUT2D eigenvalue weighted by Crippen LogP contribution is 2.38. The molecular formula is C15H27NO3. The van der Waals surface area contributed by atoms with Gasteiger partial charge in [0, 0.05) is 25.9 Å². The van der Waals surface area contributed by atoms with Gasteiger partial charge in [-0.15, -0.1) is 0 Å². The van der Waals surface area contributed by atoms with Gasteiger partial charge in [-0.3, -0.25) is 9.59 Å². The minimum absolute atomic E-state index is 0.165. The molecule has 1 saturated heterocycles. The van der Waals surface area contributed by atoms with Crippen LogP contribution in [0.5, 0.6) is 0 Å². The van der Waals surface area contributed by atoms with Crippen LogP contribution in [-0.4, -0.2) is 35.0 Å². The largest absolute Gasteiger partial charge is 0.481 e. The molecule has 0 aromatic heterocycles. The summed E-state index contributed by atoms with van der Waals surface area (Å²) in [4.78, 5) is 24.3. The SMILES string of the molecule is CC(C)C1(C)CCN(C(=O)CCCCC(=O)O)CC1. The third-order valence-electron chi connectivity index (χ3n) is 4.68. The molecule has 0 aliphatic carbocycles. The predicted molar refractivity (Wildman–Crippen MR) is 74.9 cm³/mol. The molecule has 110 valence electrons. The van der Waals surface area contributed by atoms with E-state index in [1.807, 2.05) is 4.90 Å². The second-order valence-electron chi connectivity index (χ2n) is 6.29. The summed E-state index contributed by atoms with van der Waals surface area (Å²) >= 11 is 0. The Hall–Kier alpha value is -1.06. The molecule has 0 saturated carbocycles. The molecule has 0 unspecified atom stereocenters. The van der Waals surface area contributed by atoms with Gasteiger partial charge in [-0.1, -0.05) is 20.8 Å². The topological polar surface area (TPSA) is 57.6 Å². The number of carbonyl (C=O) groups is 2. The molecule has 0 spiro atoms. The molecule has 1 aliphatic rings. The summed E-state index contributed by atoms with van der Waals surface area (Å²) in [5.74, 6) is 0.0645. The van der Waals surface area contributed by atoms with Crippen molar-refractivity contribution in [3.63, 3.8) is 0 Å². The number of piperidine rings is 1. The van der Waals surface area contributed by atoms with E-state index < -0.39 is 5.97 Å². The Morgan fingerprint density at radius 1 is 1.16 bits per heavy atom. The molecule has 0 radical (unpaired) electrons. The maximum atomic E-state index is 12.0. The molecule has 1 rings (SSSR count). The predicted octanol–water partition coefficient (Wildman–Crippen LogP) is 2.92. The Morgan fingerprint density at radius 3 is 2.16 bits per heavy atom. The Kier molecular flexibility index (Phi) is 5.83. The van der Waals surface area contributed by atoms with Crippen LogP contribution in [0.15, 0.2) is 0 Å². The van der Waals surface area contributed by atoms with Crippen molar-refractivity contribution < 1.29 is 14.7 Å². The first-order valence-electron chi connectivity index (χ1n) is 7.35. The number of amides is 1. The zero-order valence-electron chi connectivity index (χ0n) is 12.4. The number of likely N-dealkylation sites (tertiary alicyclic amines) is 1. The lowest BCUT2D eigenvalue weighted by molar-refractivity contribution is -0.138. The molecule has 19 heavy (non-hydrogen) atoms. The summed E-state index contributed by atoms with van der Waals surface area (Å²) in [6.45, 7) is 8.53. The standard InChI is InChI=1S/C15H27NO3/c1-12(2)15(3)8-10-16(11-9-15)13(17)6-4-5-7-14(18)19/h12H,4-11H2,1-3H3,(H,18,19). The van der Waals surface area contributed by atoms with Crippen molar-refractivity contribution in [2.24, 2.45) is 11.3 Å². The third kappa shape index (κ3) is 4.84. The zero-order valence-corrected chi connectivity index (χ0v) is 12.4. The van der Waals surface area contributed by atoms with Crippen molar-refractivity contribution in [2.75, 3.05) is 13.1 Å². The summed E-state index contributed by atoms with van der Waals surface area (Å²) in [7, 11) is 0. The fraction of sp³-hybridized carbons (Fsp3) is 0.867. The minimum atomic E-state index is -0.780. The molecule has 0 aromatic rings. The Labute approximate surface area is 116 Å². The smallest absolute Gasteiger partial charge is 0.303 e. The van der Waals surface area contributed by atoms with E-state index in [-0.39, 0.29) is 12.3 Å². The summed E-state index contributed by atoms with van der Waals surface area (Å²) in [5.41, 5.74) is 0.361. The first kappa shape index (κ1) is 16.0. The average Bonchev–Trinajstić information content (AvgIpc) is 2.35. The van der Waals surface area contributed by atoms with Gasteiger partial charge in [0.1, 0.15) is 0 Å². The highest BCUT2D eigenvalue weighted by Gasteiger charge is 2.33. The number of carboxylic acids is 1. The molecule has 1 aliphatic heterocycles. The van der Waals surface area contributed by atoms with Crippen LogP contribution >= 0.6 is 0 Å². The molecule has 1 N–H and O–H groups in total. The highest BCUT2D eigenvalue weighted by molar-refractivity contribution is 5.76. The molecule has 1 heterocycles. The number of hydrogen-bond acceptors (Lipinski definition) is 2. The van der Waals surface area contributed by atoms with Gasteiger partial charge in [-0.05, 0) is 37.0 Å². The monoisotopic (exact) mass is 269 g/mol. The normalized spacial score (nSPS) is 18.6. The van der Waals surface area contributed by atoms with Gasteiger partial charge in [0.25, 0.3) is 0 Å². The van der Waals surface area contributed by atoms with Crippen LogP contribution in [0.1, 0.15) is 59.3 Å². The van der Waals surface area contributed by atoms with Gasteiger partial charge in [0.15, 0.2) is 0 Å². The van der Waals surface area contributed by atoms with E-state index in [1.165, 1.54) is 0 Å². The van der Waals surface area contributed by atoms with Crippen LogP contribution in [0.25, 0.3) is 0 Å². The van der Waals surface area contributed by atoms with Gasteiger partial charge in [-0.25, -0.2) is 0 Å². The number of rotatable bonds is 6. The lowest BCUT2D eigenvalue weighted by atomic mass is 9.72. The first-order valence-corrected chi connectivity index (χ1v) is 7.35. The Bertz CT molecular complexity index is 317. The number of carbonyl (C=O) groups excluding carboxylic acids is 1. The van der Waals surface area contributed by atoms with Gasteiger partial charge < -0.3 is 10.0 Å². The quantitative estimate of drug-likeness (QED) is 0.754. The molecule has 1 amide bonds. The molecule has 0 atom stereocenters. The van der Waals surface area contributed by atoms with Crippen LogP contribution in [0.3, 0.4) is 0 Å². The summed E-state index contributed by atoms with van der Waals surface area (Å²) in [5, 5.41) is 8.54. The van der Waals surface area contributed by atoms with Crippen molar-refractivity contribution in [1.29, 1.82) is 0 Å². The fourth-order valence-electron chi connectivity index (χ4n) is 2.55. The molecular weight excluding hydrogens is 242 g/mol. The van der Waals surface area contributed by atoms with E-state index in [4.69, 9.17) is 5.11 Å². The van der Waals surface area contributed by atoms with E-state index >= 15 is 0 Å². The van der Waals surface area contributed by atoms with E-state index in [0.717, 1.165) is 25.9 Å². The Morgan fingerprint density at radius 2 is 1.68 bits per heavy atom.